The minimum atomic E-state index is -0.198. The average molecular weight is 370 g/mol. The molecule has 6 heteroatoms. The first kappa shape index (κ1) is 19.0. The van der Waals surface area contributed by atoms with Crippen molar-refractivity contribution in [1.29, 1.82) is 0 Å². The van der Waals surface area contributed by atoms with E-state index in [4.69, 9.17) is 14.2 Å². The number of ether oxygens (including phenoxy) is 3. The molecule has 0 aromatic heterocycles. The zero-order valence-electron chi connectivity index (χ0n) is 15.9. The van der Waals surface area contributed by atoms with Crippen molar-refractivity contribution in [3.8, 4) is 11.5 Å². The Morgan fingerprint density at radius 3 is 2.15 bits per heavy atom. The van der Waals surface area contributed by atoms with Crippen LogP contribution in [0.15, 0.2) is 42.5 Å². The lowest BCUT2D eigenvalue weighted by Gasteiger charge is -2.28. The molecule has 1 aliphatic rings. The van der Waals surface area contributed by atoms with Gasteiger partial charge in [-0.05, 0) is 50.2 Å². The van der Waals surface area contributed by atoms with Crippen LogP contribution in [0.5, 0.6) is 11.5 Å². The largest absolute Gasteiger partial charge is 0.494 e. The lowest BCUT2D eigenvalue weighted by atomic mass is 10.1. The Bertz CT molecular complexity index is 731. The SMILES string of the molecule is CCOc1cc(OCC)cc(C(=O)Nc2ccc(N3CCOCC3)cc2)c1. The van der Waals surface area contributed by atoms with Crippen molar-refractivity contribution in [2.75, 3.05) is 49.7 Å². The number of nitrogens with one attached hydrogen (secondary N) is 1. The first-order chi connectivity index (χ1) is 13.2. The highest BCUT2D eigenvalue weighted by Gasteiger charge is 2.13. The van der Waals surface area contributed by atoms with E-state index in [2.05, 4.69) is 10.2 Å². The molecule has 1 saturated heterocycles. The zero-order chi connectivity index (χ0) is 19.1. The van der Waals surface area contributed by atoms with Crippen LogP contribution in [0.2, 0.25) is 0 Å². The van der Waals surface area contributed by atoms with E-state index in [0.717, 1.165) is 37.7 Å². The Hall–Kier alpha value is -2.73. The van der Waals surface area contributed by atoms with Crippen molar-refractivity contribution >= 4 is 17.3 Å². The summed E-state index contributed by atoms with van der Waals surface area (Å²) in [6.45, 7) is 8.13. The number of hydrogen-bond acceptors (Lipinski definition) is 5. The number of anilines is 2. The lowest BCUT2D eigenvalue weighted by Crippen LogP contribution is -2.36. The Labute approximate surface area is 160 Å². The van der Waals surface area contributed by atoms with Gasteiger partial charge in [0.05, 0.1) is 26.4 Å². The van der Waals surface area contributed by atoms with Gasteiger partial charge in [-0.25, -0.2) is 0 Å². The number of morpholine rings is 1. The molecule has 0 saturated carbocycles. The van der Waals surface area contributed by atoms with Gasteiger partial charge in [-0.2, -0.15) is 0 Å². The summed E-state index contributed by atoms with van der Waals surface area (Å²) in [7, 11) is 0. The minimum absolute atomic E-state index is 0.198. The van der Waals surface area contributed by atoms with E-state index in [1.807, 2.05) is 38.1 Å². The molecule has 0 unspecified atom stereocenters. The van der Waals surface area contributed by atoms with Gasteiger partial charge in [-0.3, -0.25) is 4.79 Å². The van der Waals surface area contributed by atoms with Crippen LogP contribution in [0.4, 0.5) is 11.4 Å². The van der Waals surface area contributed by atoms with Crippen LogP contribution >= 0.6 is 0 Å². The standard InChI is InChI=1S/C21H26N2O4/c1-3-26-19-13-16(14-20(15-19)27-4-2)21(24)22-17-5-7-18(8-6-17)23-9-11-25-12-10-23/h5-8,13-15H,3-4,9-12H2,1-2H3,(H,22,24). The summed E-state index contributed by atoms with van der Waals surface area (Å²) in [6, 6.07) is 13.1. The molecule has 27 heavy (non-hydrogen) atoms. The van der Waals surface area contributed by atoms with Gasteiger partial charge in [0.1, 0.15) is 11.5 Å². The van der Waals surface area contributed by atoms with Crippen LogP contribution in [0, 0.1) is 0 Å². The third-order valence-corrected chi connectivity index (χ3v) is 4.27. The second-order valence-electron chi connectivity index (χ2n) is 6.16. The van der Waals surface area contributed by atoms with E-state index in [0.29, 0.717) is 30.3 Å². The number of benzene rings is 2. The van der Waals surface area contributed by atoms with E-state index >= 15 is 0 Å². The highest BCUT2D eigenvalue weighted by atomic mass is 16.5. The fourth-order valence-corrected chi connectivity index (χ4v) is 2.98. The van der Waals surface area contributed by atoms with Crippen LogP contribution in [-0.4, -0.2) is 45.4 Å². The molecule has 0 radical (unpaired) electrons. The molecule has 0 spiro atoms. The Kier molecular flexibility index (Phi) is 6.54. The summed E-state index contributed by atoms with van der Waals surface area (Å²) in [5.41, 5.74) is 2.38. The highest BCUT2D eigenvalue weighted by molar-refractivity contribution is 6.04. The van der Waals surface area contributed by atoms with E-state index < -0.39 is 0 Å². The first-order valence-corrected chi connectivity index (χ1v) is 9.34. The van der Waals surface area contributed by atoms with Crippen molar-refractivity contribution < 1.29 is 19.0 Å². The highest BCUT2D eigenvalue weighted by Crippen LogP contribution is 2.25. The van der Waals surface area contributed by atoms with Gasteiger partial charge >= 0.3 is 0 Å². The summed E-state index contributed by atoms with van der Waals surface area (Å²) in [4.78, 5) is 14.9. The average Bonchev–Trinajstić information content (AvgIpc) is 2.69. The third-order valence-electron chi connectivity index (χ3n) is 4.27. The molecule has 1 N–H and O–H groups in total. The number of amides is 1. The maximum absolute atomic E-state index is 12.7. The molecule has 0 aliphatic carbocycles. The van der Waals surface area contributed by atoms with Crippen molar-refractivity contribution in [3.05, 3.63) is 48.0 Å². The fourth-order valence-electron chi connectivity index (χ4n) is 2.98. The molecule has 1 amide bonds. The minimum Gasteiger partial charge on any atom is -0.494 e. The number of nitrogens with zero attached hydrogens (tertiary/aromatic N) is 1. The summed E-state index contributed by atoms with van der Waals surface area (Å²) in [5.74, 6) is 1.05. The first-order valence-electron chi connectivity index (χ1n) is 9.34. The maximum Gasteiger partial charge on any atom is 0.255 e. The molecular weight excluding hydrogens is 344 g/mol. The van der Waals surface area contributed by atoms with Gasteiger partial charge < -0.3 is 24.4 Å². The molecule has 0 bridgehead atoms. The van der Waals surface area contributed by atoms with Crippen LogP contribution in [0.3, 0.4) is 0 Å². The molecule has 2 aromatic rings. The number of rotatable bonds is 7. The van der Waals surface area contributed by atoms with Crippen LogP contribution in [-0.2, 0) is 4.74 Å². The molecular formula is C21H26N2O4. The van der Waals surface area contributed by atoms with E-state index in [9.17, 15) is 4.79 Å². The molecule has 3 rings (SSSR count). The molecule has 6 nitrogen and oxygen atoms in total. The van der Waals surface area contributed by atoms with Crippen LogP contribution in [0.1, 0.15) is 24.2 Å². The summed E-state index contributed by atoms with van der Waals surface area (Å²) in [6.07, 6.45) is 0. The Morgan fingerprint density at radius 2 is 1.59 bits per heavy atom. The van der Waals surface area contributed by atoms with E-state index in [1.165, 1.54) is 0 Å². The Balaban J connectivity index is 1.70. The van der Waals surface area contributed by atoms with Crippen molar-refractivity contribution in [2.24, 2.45) is 0 Å². The van der Waals surface area contributed by atoms with Crippen molar-refractivity contribution in [3.63, 3.8) is 0 Å². The Morgan fingerprint density at radius 1 is 1.00 bits per heavy atom. The molecule has 2 aromatic carbocycles. The second kappa shape index (κ2) is 9.28. The van der Waals surface area contributed by atoms with Crippen molar-refractivity contribution in [2.45, 2.75) is 13.8 Å². The monoisotopic (exact) mass is 370 g/mol. The third kappa shape index (κ3) is 5.14. The quantitative estimate of drug-likeness (QED) is 0.807. The number of carbonyl (C=O) groups excluding carboxylic acids is 1. The predicted octanol–water partition coefficient (Wildman–Crippen LogP) is 3.57. The van der Waals surface area contributed by atoms with Gasteiger partial charge in [0.2, 0.25) is 0 Å². The van der Waals surface area contributed by atoms with Gasteiger partial charge in [0.25, 0.3) is 5.91 Å². The van der Waals surface area contributed by atoms with E-state index in [1.54, 1.807) is 18.2 Å². The number of hydrogen-bond donors (Lipinski definition) is 1. The summed E-state index contributed by atoms with van der Waals surface area (Å²) >= 11 is 0. The topological polar surface area (TPSA) is 60.0 Å². The smallest absolute Gasteiger partial charge is 0.255 e. The van der Waals surface area contributed by atoms with Crippen molar-refractivity contribution in [1.82, 2.24) is 0 Å². The van der Waals surface area contributed by atoms with Crippen LogP contribution in [0.25, 0.3) is 0 Å². The second-order valence-corrected chi connectivity index (χ2v) is 6.16. The summed E-state index contributed by atoms with van der Waals surface area (Å²) in [5, 5.41) is 2.93. The fraction of sp³-hybridized carbons (Fsp3) is 0.381. The maximum atomic E-state index is 12.7. The molecule has 1 aliphatic heterocycles. The lowest BCUT2D eigenvalue weighted by molar-refractivity contribution is 0.102. The predicted molar refractivity (Wildman–Crippen MR) is 106 cm³/mol. The van der Waals surface area contributed by atoms with Crippen LogP contribution < -0.4 is 19.7 Å². The van der Waals surface area contributed by atoms with E-state index in [-0.39, 0.29) is 5.91 Å². The van der Waals surface area contributed by atoms with Gasteiger partial charge in [-0.1, -0.05) is 0 Å². The van der Waals surface area contributed by atoms with Gasteiger partial charge in [0.15, 0.2) is 0 Å². The molecule has 1 heterocycles. The summed E-state index contributed by atoms with van der Waals surface area (Å²) < 4.78 is 16.5. The molecule has 1 fully saturated rings. The van der Waals surface area contributed by atoms with Gasteiger partial charge in [-0.15, -0.1) is 0 Å². The zero-order valence-corrected chi connectivity index (χ0v) is 15.9. The number of carbonyl (C=O) groups is 1. The normalized spacial score (nSPS) is 13.9. The molecule has 0 atom stereocenters. The van der Waals surface area contributed by atoms with Gasteiger partial charge in [0, 0.05) is 36.1 Å². The molecule has 144 valence electrons.